The second kappa shape index (κ2) is 4.22. The zero-order valence-electron chi connectivity index (χ0n) is 11.7. The molecule has 3 nitrogen and oxygen atoms in total. The summed E-state index contributed by atoms with van der Waals surface area (Å²) in [5, 5.41) is 0. The van der Waals surface area contributed by atoms with Crippen molar-refractivity contribution >= 4 is 11.8 Å². The van der Waals surface area contributed by atoms with E-state index in [1.54, 1.807) is 0 Å². The summed E-state index contributed by atoms with van der Waals surface area (Å²) in [6.45, 7) is 10.0. The minimum Gasteiger partial charge on any atom is -0.469 e. The van der Waals surface area contributed by atoms with E-state index in [2.05, 4.69) is 13.5 Å². The number of hydrogen-bond acceptors (Lipinski definition) is 3. The molecule has 3 fully saturated rings. The number of ketones is 1. The standard InChI is InChI=1S/C15H22O3/c1-8(2)11-7-15(4)9(3)13(16)10(11)6-12(15)14(17)18-5/h9-12H,1,6-7H2,2-5H3/t9-,10?,11+,12-,15-/m1/s1. The van der Waals surface area contributed by atoms with Crippen LogP contribution in [0, 0.1) is 29.1 Å². The first-order chi connectivity index (χ1) is 8.32. The zero-order valence-corrected chi connectivity index (χ0v) is 11.7. The van der Waals surface area contributed by atoms with E-state index in [0.717, 1.165) is 12.0 Å². The molecule has 100 valence electrons. The van der Waals surface area contributed by atoms with E-state index in [1.165, 1.54) is 7.11 Å². The van der Waals surface area contributed by atoms with Crippen molar-refractivity contribution in [3.05, 3.63) is 12.2 Å². The molecular weight excluding hydrogens is 228 g/mol. The molecule has 3 saturated carbocycles. The number of methoxy groups -OCH3 is 1. The fourth-order valence-electron chi connectivity index (χ4n) is 3.91. The van der Waals surface area contributed by atoms with Crippen LogP contribution in [0.1, 0.15) is 33.6 Å². The molecule has 3 aliphatic rings. The number of carbonyl (C=O) groups is 2. The Hall–Kier alpha value is -1.12. The van der Waals surface area contributed by atoms with E-state index < -0.39 is 0 Å². The SMILES string of the molecule is C=C(C)[C@@H]1C[C@]2(C)[C@H](C)C(=O)C1C[C@@H]2C(=O)OC. The molecule has 1 unspecified atom stereocenters. The predicted octanol–water partition coefficient (Wildman–Crippen LogP) is 2.60. The van der Waals surface area contributed by atoms with Gasteiger partial charge in [0.05, 0.1) is 13.0 Å². The minimum absolute atomic E-state index is 0.0385. The molecule has 3 rings (SSSR count). The molecule has 0 aromatic heterocycles. The molecule has 0 aromatic rings. The quantitative estimate of drug-likeness (QED) is 0.559. The van der Waals surface area contributed by atoms with Gasteiger partial charge in [-0.2, -0.15) is 0 Å². The van der Waals surface area contributed by atoms with Crippen LogP contribution in [0.5, 0.6) is 0 Å². The maximum atomic E-state index is 12.4. The summed E-state index contributed by atoms with van der Waals surface area (Å²) in [5.41, 5.74) is 0.789. The van der Waals surface area contributed by atoms with Crippen LogP contribution >= 0.6 is 0 Å². The Kier molecular flexibility index (Phi) is 3.12. The molecule has 18 heavy (non-hydrogen) atoms. The van der Waals surface area contributed by atoms with E-state index in [0.29, 0.717) is 12.2 Å². The number of Topliss-reactive ketones (excluding diaryl/α,β-unsaturated/α-hetero) is 1. The van der Waals surface area contributed by atoms with Crippen LogP contribution < -0.4 is 0 Å². The average molecular weight is 250 g/mol. The molecule has 5 atom stereocenters. The Morgan fingerprint density at radius 3 is 2.61 bits per heavy atom. The third kappa shape index (κ3) is 1.63. The monoisotopic (exact) mass is 250 g/mol. The third-order valence-electron chi connectivity index (χ3n) is 5.33. The highest BCUT2D eigenvalue weighted by atomic mass is 16.5. The number of fused-ring (bicyclic) bond motifs is 3. The number of carbonyl (C=O) groups excluding carboxylic acids is 2. The first-order valence-electron chi connectivity index (χ1n) is 6.60. The number of rotatable bonds is 2. The minimum atomic E-state index is -0.275. The summed E-state index contributed by atoms with van der Waals surface area (Å²) in [6, 6.07) is 0. The van der Waals surface area contributed by atoms with Gasteiger partial charge in [0.1, 0.15) is 5.78 Å². The van der Waals surface area contributed by atoms with Crippen molar-refractivity contribution in [2.24, 2.45) is 29.1 Å². The molecule has 0 radical (unpaired) electrons. The number of esters is 1. The lowest BCUT2D eigenvalue weighted by atomic mass is 9.47. The molecule has 3 aliphatic carbocycles. The van der Waals surface area contributed by atoms with Crippen LogP contribution in [-0.2, 0) is 14.3 Å². The fraction of sp³-hybridized carbons (Fsp3) is 0.733. The van der Waals surface area contributed by atoms with Gasteiger partial charge < -0.3 is 4.74 Å². The highest BCUT2D eigenvalue weighted by molar-refractivity contribution is 5.89. The van der Waals surface area contributed by atoms with Crippen LogP contribution in [0.4, 0.5) is 0 Å². The third-order valence-corrected chi connectivity index (χ3v) is 5.33. The molecule has 2 bridgehead atoms. The second-order valence-electron chi connectivity index (χ2n) is 6.20. The lowest BCUT2D eigenvalue weighted by Crippen LogP contribution is -2.57. The van der Waals surface area contributed by atoms with E-state index >= 15 is 0 Å². The molecule has 0 heterocycles. The highest BCUT2D eigenvalue weighted by Gasteiger charge is 2.59. The van der Waals surface area contributed by atoms with Crippen molar-refractivity contribution in [1.29, 1.82) is 0 Å². The Morgan fingerprint density at radius 2 is 2.11 bits per heavy atom. The smallest absolute Gasteiger partial charge is 0.309 e. The van der Waals surface area contributed by atoms with Crippen molar-refractivity contribution in [3.63, 3.8) is 0 Å². The van der Waals surface area contributed by atoms with E-state index in [9.17, 15) is 9.59 Å². The van der Waals surface area contributed by atoms with Crippen LogP contribution in [0.2, 0.25) is 0 Å². The van der Waals surface area contributed by atoms with Gasteiger partial charge in [-0.3, -0.25) is 9.59 Å². The first-order valence-corrected chi connectivity index (χ1v) is 6.60. The molecule has 0 aliphatic heterocycles. The van der Waals surface area contributed by atoms with Crippen molar-refractivity contribution in [1.82, 2.24) is 0 Å². The van der Waals surface area contributed by atoms with Gasteiger partial charge in [0, 0.05) is 11.8 Å². The van der Waals surface area contributed by atoms with Gasteiger partial charge >= 0.3 is 5.97 Å². The summed E-state index contributed by atoms with van der Waals surface area (Å²) in [4.78, 5) is 24.3. The number of ether oxygens (including phenoxy) is 1. The van der Waals surface area contributed by atoms with Gasteiger partial charge in [-0.25, -0.2) is 0 Å². The number of allylic oxidation sites excluding steroid dienone is 1. The molecule has 0 aromatic carbocycles. The van der Waals surface area contributed by atoms with Gasteiger partial charge in [-0.1, -0.05) is 26.0 Å². The maximum absolute atomic E-state index is 12.4. The van der Waals surface area contributed by atoms with Crippen molar-refractivity contribution in [3.8, 4) is 0 Å². The van der Waals surface area contributed by atoms with Gasteiger partial charge in [0.15, 0.2) is 0 Å². The van der Waals surface area contributed by atoms with Crippen molar-refractivity contribution in [2.75, 3.05) is 7.11 Å². The zero-order chi connectivity index (χ0) is 13.7. The molecule has 0 saturated heterocycles. The molecule has 0 spiro atoms. The topological polar surface area (TPSA) is 43.4 Å². The molecule has 0 amide bonds. The second-order valence-corrected chi connectivity index (χ2v) is 6.20. The Morgan fingerprint density at radius 1 is 1.50 bits per heavy atom. The lowest BCUT2D eigenvalue weighted by Gasteiger charge is -2.55. The van der Waals surface area contributed by atoms with Crippen molar-refractivity contribution in [2.45, 2.75) is 33.6 Å². The largest absolute Gasteiger partial charge is 0.469 e. The van der Waals surface area contributed by atoms with E-state index in [-0.39, 0.29) is 35.1 Å². The molecule has 3 heteroatoms. The number of hydrogen-bond donors (Lipinski definition) is 0. The first kappa shape index (κ1) is 13.3. The average Bonchev–Trinajstić information content (AvgIpc) is 2.33. The fourth-order valence-corrected chi connectivity index (χ4v) is 3.91. The summed E-state index contributed by atoms with van der Waals surface area (Å²) >= 11 is 0. The summed E-state index contributed by atoms with van der Waals surface area (Å²) in [5.74, 6) is 0.133. The lowest BCUT2D eigenvalue weighted by molar-refractivity contribution is -0.169. The summed E-state index contributed by atoms with van der Waals surface area (Å²) in [7, 11) is 1.43. The molecular formula is C15H22O3. The maximum Gasteiger partial charge on any atom is 0.309 e. The van der Waals surface area contributed by atoms with Crippen LogP contribution in [0.3, 0.4) is 0 Å². The van der Waals surface area contributed by atoms with Gasteiger partial charge in [-0.15, -0.1) is 0 Å². The van der Waals surface area contributed by atoms with Crippen LogP contribution in [-0.4, -0.2) is 18.9 Å². The predicted molar refractivity (Wildman–Crippen MR) is 68.8 cm³/mol. The summed E-state index contributed by atoms with van der Waals surface area (Å²) < 4.78 is 4.91. The Labute approximate surface area is 109 Å². The Bertz CT molecular complexity index is 412. The van der Waals surface area contributed by atoms with Crippen LogP contribution in [0.25, 0.3) is 0 Å². The van der Waals surface area contributed by atoms with Crippen molar-refractivity contribution < 1.29 is 14.3 Å². The van der Waals surface area contributed by atoms with Crippen LogP contribution in [0.15, 0.2) is 12.2 Å². The normalized spacial score (nSPS) is 42.8. The van der Waals surface area contributed by atoms with E-state index in [4.69, 9.17) is 4.74 Å². The van der Waals surface area contributed by atoms with Gasteiger partial charge in [-0.05, 0) is 31.1 Å². The van der Waals surface area contributed by atoms with E-state index in [1.807, 2.05) is 13.8 Å². The highest BCUT2D eigenvalue weighted by Crippen LogP contribution is 2.58. The van der Waals surface area contributed by atoms with Gasteiger partial charge in [0.2, 0.25) is 0 Å². The molecule has 0 N–H and O–H groups in total. The Balaban J connectivity index is 2.39. The summed E-state index contributed by atoms with van der Waals surface area (Å²) in [6.07, 6.45) is 1.50. The van der Waals surface area contributed by atoms with Gasteiger partial charge in [0.25, 0.3) is 0 Å².